The van der Waals surface area contributed by atoms with Crippen LogP contribution in [-0.4, -0.2) is 33.7 Å². The van der Waals surface area contributed by atoms with Crippen LogP contribution in [0.2, 0.25) is 0 Å². The van der Waals surface area contributed by atoms with Gasteiger partial charge in [0, 0.05) is 12.6 Å². The number of methoxy groups -OCH3 is 1. The van der Waals surface area contributed by atoms with Gasteiger partial charge in [-0.25, -0.2) is 12.8 Å². The van der Waals surface area contributed by atoms with Crippen molar-refractivity contribution in [1.82, 2.24) is 5.32 Å². The zero-order valence-corrected chi connectivity index (χ0v) is 15.8. The van der Waals surface area contributed by atoms with Crippen molar-refractivity contribution in [1.29, 1.82) is 0 Å². The third kappa shape index (κ3) is 7.22. The molecule has 0 aliphatic heterocycles. The van der Waals surface area contributed by atoms with E-state index in [4.69, 9.17) is 4.74 Å². The first-order valence-corrected chi connectivity index (χ1v) is 10.3. The van der Waals surface area contributed by atoms with E-state index < -0.39 is 15.7 Å². The average Bonchev–Trinajstić information content (AvgIpc) is 2.64. The van der Waals surface area contributed by atoms with E-state index >= 15 is 0 Å². The van der Waals surface area contributed by atoms with Gasteiger partial charge in [-0.1, -0.05) is 36.4 Å². The lowest BCUT2D eigenvalue weighted by atomic mass is 10.2. The molecule has 0 spiro atoms. The second kappa shape index (κ2) is 9.87. The Labute approximate surface area is 158 Å². The molecule has 0 atom stereocenters. The number of nitrogens with one attached hydrogen (secondary N) is 1. The van der Waals surface area contributed by atoms with Crippen molar-refractivity contribution >= 4 is 21.8 Å². The zero-order valence-electron chi connectivity index (χ0n) is 15.0. The van der Waals surface area contributed by atoms with Gasteiger partial charge in [0.2, 0.25) is 5.91 Å². The number of hydrogen-bond acceptors (Lipinski definition) is 4. The summed E-state index contributed by atoms with van der Waals surface area (Å²) in [6.45, 7) is 0.244. The summed E-state index contributed by atoms with van der Waals surface area (Å²) in [5.41, 5.74) is 1.27. The van der Waals surface area contributed by atoms with Gasteiger partial charge < -0.3 is 10.1 Å². The Kier molecular flexibility index (Phi) is 7.55. The summed E-state index contributed by atoms with van der Waals surface area (Å²) in [5.74, 6) is -0.760. The molecule has 2 rings (SSSR count). The standard InChI is InChI=1S/C20H22FNO4S/c1-26-19-10-8-16(14-18(19)21)9-11-20(23)22-12-5-13-27(24,25)15-17-6-3-2-4-7-17/h2-4,6-11,14H,5,12-13,15H2,1H3,(H,22,23). The molecule has 0 fully saturated rings. The van der Waals surface area contributed by atoms with Crippen molar-refractivity contribution in [3.63, 3.8) is 0 Å². The van der Waals surface area contributed by atoms with Gasteiger partial charge in [0.25, 0.3) is 0 Å². The molecule has 0 heterocycles. The minimum absolute atomic E-state index is 0.00439. The number of rotatable bonds is 9. The third-order valence-electron chi connectivity index (χ3n) is 3.76. The summed E-state index contributed by atoms with van der Waals surface area (Å²) < 4.78 is 42.5. The van der Waals surface area contributed by atoms with Gasteiger partial charge in [-0.3, -0.25) is 4.79 Å². The summed E-state index contributed by atoms with van der Waals surface area (Å²) in [4.78, 5) is 11.8. The van der Waals surface area contributed by atoms with Crippen molar-refractivity contribution in [3.8, 4) is 5.75 Å². The smallest absolute Gasteiger partial charge is 0.243 e. The molecule has 0 unspecified atom stereocenters. The summed E-state index contributed by atoms with van der Waals surface area (Å²) in [6, 6.07) is 13.3. The van der Waals surface area contributed by atoms with Crippen LogP contribution in [0.3, 0.4) is 0 Å². The number of carbonyl (C=O) groups is 1. The van der Waals surface area contributed by atoms with Crippen LogP contribution in [0.5, 0.6) is 5.75 Å². The first kappa shape index (κ1) is 20.6. The normalized spacial score (nSPS) is 11.5. The van der Waals surface area contributed by atoms with Crippen LogP contribution in [0.25, 0.3) is 6.08 Å². The van der Waals surface area contributed by atoms with Crippen LogP contribution in [0.15, 0.2) is 54.6 Å². The average molecular weight is 391 g/mol. The lowest BCUT2D eigenvalue weighted by molar-refractivity contribution is -0.116. The quantitative estimate of drug-likeness (QED) is 0.527. The Morgan fingerprint density at radius 3 is 2.59 bits per heavy atom. The Hall–Kier alpha value is -2.67. The molecule has 0 saturated heterocycles. The van der Waals surface area contributed by atoms with Gasteiger partial charge in [-0.2, -0.15) is 0 Å². The lowest BCUT2D eigenvalue weighted by Crippen LogP contribution is -2.24. The lowest BCUT2D eigenvalue weighted by Gasteiger charge is -2.05. The van der Waals surface area contributed by atoms with Crippen LogP contribution >= 0.6 is 0 Å². The molecule has 0 aliphatic rings. The van der Waals surface area contributed by atoms with Crippen molar-refractivity contribution in [2.24, 2.45) is 0 Å². The van der Waals surface area contributed by atoms with E-state index in [1.165, 1.54) is 31.4 Å². The van der Waals surface area contributed by atoms with Crippen LogP contribution in [-0.2, 0) is 20.4 Å². The number of carbonyl (C=O) groups excluding carboxylic acids is 1. The fraction of sp³-hybridized carbons (Fsp3) is 0.250. The fourth-order valence-corrected chi connectivity index (χ4v) is 3.85. The SMILES string of the molecule is COc1ccc(C=CC(=O)NCCCS(=O)(=O)Cc2ccccc2)cc1F. The first-order valence-electron chi connectivity index (χ1n) is 8.43. The molecule has 7 heteroatoms. The molecular formula is C20H22FNO4S. The number of halogens is 1. The monoisotopic (exact) mass is 391 g/mol. The largest absolute Gasteiger partial charge is 0.494 e. The second-order valence-electron chi connectivity index (χ2n) is 5.95. The maximum atomic E-state index is 13.6. The molecule has 0 saturated carbocycles. The van der Waals surface area contributed by atoms with E-state index in [0.717, 1.165) is 5.56 Å². The molecular weight excluding hydrogens is 369 g/mol. The third-order valence-corrected chi connectivity index (χ3v) is 5.45. The molecule has 5 nitrogen and oxygen atoms in total. The van der Waals surface area contributed by atoms with E-state index in [1.807, 2.05) is 6.07 Å². The van der Waals surface area contributed by atoms with Gasteiger partial charge >= 0.3 is 0 Å². The highest BCUT2D eigenvalue weighted by molar-refractivity contribution is 7.90. The molecule has 144 valence electrons. The minimum atomic E-state index is -3.22. The Balaban J connectivity index is 1.75. The Bertz CT molecular complexity index is 895. The van der Waals surface area contributed by atoms with Gasteiger partial charge in [0.05, 0.1) is 18.6 Å². The number of hydrogen-bond donors (Lipinski definition) is 1. The first-order chi connectivity index (χ1) is 12.9. The molecule has 0 radical (unpaired) electrons. The van der Waals surface area contributed by atoms with E-state index in [0.29, 0.717) is 12.0 Å². The molecule has 2 aromatic rings. The summed E-state index contributed by atoms with van der Waals surface area (Å²) in [5, 5.41) is 2.62. The number of sulfone groups is 1. The molecule has 0 bridgehead atoms. The molecule has 2 aromatic carbocycles. The van der Waals surface area contributed by atoms with Crippen LogP contribution in [0.1, 0.15) is 17.5 Å². The van der Waals surface area contributed by atoms with Gasteiger partial charge in [-0.15, -0.1) is 0 Å². The van der Waals surface area contributed by atoms with E-state index in [-0.39, 0.29) is 29.7 Å². The van der Waals surface area contributed by atoms with Crippen LogP contribution in [0, 0.1) is 5.82 Å². The van der Waals surface area contributed by atoms with Crippen molar-refractivity contribution in [2.75, 3.05) is 19.4 Å². The zero-order chi connectivity index (χ0) is 19.7. The highest BCUT2D eigenvalue weighted by Crippen LogP contribution is 2.18. The maximum Gasteiger partial charge on any atom is 0.243 e. The predicted molar refractivity (Wildman–Crippen MR) is 104 cm³/mol. The number of amides is 1. The van der Waals surface area contributed by atoms with E-state index in [1.54, 1.807) is 30.3 Å². The van der Waals surface area contributed by atoms with Gasteiger partial charge in [0.15, 0.2) is 21.4 Å². The fourth-order valence-electron chi connectivity index (χ4n) is 2.42. The predicted octanol–water partition coefficient (Wildman–Crippen LogP) is 2.97. The highest BCUT2D eigenvalue weighted by Gasteiger charge is 2.11. The van der Waals surface area contributed by atoms with Crippen LogP contribution < -0.4 is 10.1 Å². The number of ether oxygens (including phenoxy) is 1. The van der Waals surface area contributed by atoms with Crippen molar-refractivity contribution in [3.05, 3.63) is 71.6 Å². The number of benzene rings is 2. The summed E-state index contributed by atoms with van der Waals surface area (Å²) in [7, 11) is -1.85. The Morgan fingerprint density at radius 1 is 1.19 bits per heavy atom. The molecule has 0 aliphatic carbocycles. The maximum absolute atomic E-state index is 13.6. The van der Waals surface area contributed by atoms with Crippen molar-refractivity contribution in [2.45, 2.75) is 12.2 Å². The molecule has 1 N–H and O–H groups in total. The summed E-state index contributed by atoms with van der Waals surface area (Å²) in [6.07, 6.45) is 3.08. The topological polar surface area (TPSA) is 72.5 Å². The molecule has 1 amide bonds. The molecule has 0 aromatic heterocycles. The minimum Gasteiger partial charge on any atom is -0.494 e. The van der Waals surface area contributed by atoms with Gasteiger partial charge in [0.1, 0.15) is 0 Å². The van der Waals surface area contributed by atoms with Gasteiger partial charge in [-0.05, 0) is 35.8 Å². The van der Waals surface area contributed by atoms with E-state index in [9.17, 15) is 17.6 Å². The molecule has 27 heavy (non-hydrogen) atoms. The van der Waals surface area contributed by atoms with E-state index in [2.05, 4.69) is 5.32 Å². The Morgan fingerprint density at radius 2 is 1.93 bits per heavy atom. The summed E-state index contributed by atoms with van der Waals surface area (Å²) >= 11 is 0. The van der Waals surface area contributed by atoms with Crippen LogP contribution in [0.4, 0.5) is 4.39 Å². The van der Waals surface area contributed by atoms with Crippen molar-refractivity contribution < 1.29 is 22.3 Å². The second-order valence-corrected chi connectivity index (χ2v) is 8.13. The highest BCUT2D eigenvalue weighted by atomic mass is 32.2.